The third-order valence-corrected chi connectivity index (χ3v) is 7.04. The molecule has 0 radical (unpaired) electrons. The fourth-order valence-corrected chi connectivity index (χ4v) is 5.32. The summed E-state index contributed by atoms with van der Waals surface area (Å²) in [6.45, 7) is 0.487. The number of rotatable bonds is 7. The van der Waals surface area contributed by atoms with E-state index in [4.69, 9.17) is 4.74 Å². The van der Waals surface area contributed by atoms with Crippen molar-refractivity contribution in [3.8, 4) is 11.1 Å². The van der Waals surface area contributed by atoms with Crippen LogP contribution in [0, 0.1) is 0 Å². The standard InChI is InChI=1S/C29H28N2O5/c32-27(31-16-8-15-26(31)28(33)34)25(17-19-9-2-1-3-10-19)30-29(35)36-18-24-22-13-6-4-11-20(22)21-12-5-7-14-23(21)24/h1-7,9-14,24-26H,8,15-18H2,(H,30,35)(H,33,34). The van der Waals surface area contributed by atoms with Crippen LogP contribution in [0.15, 0.2) is 78.9 Å². The quantitative estimate of drug-likeness (QED) is 0.524. The molecule has 0 spiro atoms. The summed E-state index contributed by atoms with van der Waals surface area (Å²) in [7, 11) is 0. The number of ether oxygens (including phenoxy) is 1. The molecule has 0 saturated carbocycles. The summed E-state index contributed by atoms with van der Waals surface area (Å²) in [5.41, 5.74) is 5.33. The molecule has 0 aromatic heterocycles. The van der Waals surface area contributed by atoms with E-state index in [1.807, 2.05) is 66.7 Å². The van der Waals surface area contributed by atoms with Crippen LogP contribution in [-0.2, 0) is 20.7 Å². The molecule has 2 amide bonds. The number of carboxylic acid groups (broad SMARTS) is 1. The number of fused-ring (bicyclic) bond motifs is 3. The maximum Gasteiger partial charge on any atom is 0.407 e. The molecule has 184 valence electrons. The Labute approximate surface area is 209 Å². The molecule has 1 heterocycles. The van der Waals surface area contributed by atoms with E-state index >= 15 is 0 Å². The SMILES string of the molecule is O=C(NC(Cc1ccccc1)C(=O)N1CCCC1C(=O)O)OCC1c2ccccc2-c2ccccc21. The van der Waals surface area contributed by atoms with Crippen molar-refractivity contribution in [2.45, 2.75) is 37.3 Å². The zero-order valence-corrected chi connectivity index (χ0v) is 19.8. The van der Waals surface area contributed by atoms with E-state index in [9.17, 15) is 19.5 Å². The Bertz CT molecular complexity index is 1230. The highest BCUT2D eigenvalue weighted by molar-refractivity contribution is 5.90. The van der Waals surface area contributed by atoms with Gasteiger partial charge >= 0.3 is 12.1 Å². The monoisotopic (exact) mass is 484 g/mol. The first-order valence-corrected chi connectivity index (χ1v) is 12.2. The Morgan fingerprint density at radius 3 is 2.17 bits per heavy atom. The van der Waals surface area contributed by atoms with E-state index in [0.29, 0.717) is 19.4 Å². The molecular formula is C29H28N2O5. The number of benzene rings is 3. The summed E-state index contributed by atoms with van der Waals surface area (Å²) >= 11 is 0. The van der Waals surface area contributed by atoms with Crippen molar-refractivity contribution in [2.24, 2.45) is 0 Å². The number of carbonyl (C=O) groups is 3. The van der Waals surface area contributed by atoms with Gasteiger partial charge in [-0.2, -0.15) is 0 Å². The number of amides is 2. The second kappa shape index (κ2) is 10.2. The summed E-state index contributed by atoms with van der Waals surface area (Å²) in [4.78, 5) is 39.3. The lowest BCUT2D eigenvalue weighted by molar-refractivity contribution is -0.148. The Kier molecular flexibility index (Phi) is 6.71. The topological polar surface area (TPSA) is 95.9 Å². The van der Waals surface area contributed by atoms with Gasteiger partial charge in [-0.05, 0) is 40.7 Å². The highest BCUT2D eigenvalue weighted by atomic mass is 16.5. The van der Waals surface area contributed by atoms with E-state index in [1.165, 1.54) is 4.90 Å². The number of nitrogens with one attached hydrogen (secondary N) is 1. The predicted octanol–water partition coefficient (Wildman–Crippen LogP) is 4.21. The minimum atomic E-state index is -1.03. The van der Waals surface area contributed by atoms with Crippen molar-refractivity contribution in [3.05, 3.63) is 95.6 Å². The molecule has 7 nitrogen and oxygen atoms in total. The van der Waals surface area contributed by atoms with Gasteiger partial charge in [-0.15, -0.1) is 0 Å². The number of alkyl carbamates (subject to hydrolysis) is 1. The molecule has 1 fully saturated rings. The lowest BCUT2D eigenvalue weighted by Gasteiger charge is -2.27. The lowest BCUT2D eigenvalue weighted by Crippen LogP contribution is -2.52. The molecule has 3 aromatic rings. The molecule has 3 aromatic carbocycles. The molecule has 2 atom stereocenters. The molecule has 7 heteroatoms. The van der Waals surface area contributed by atoms with E-state index in [0.717, 1.165) is 27.8 Å². The Morgan fingerprint density at radius 2 is 1.53 bits per heavy atom. The molecule has 1 aliphatic heterocycles. The minimum Gasteiger partial charge on any atom is -0.480 e. The summed E-state index contributed by atoms with van der Waals surface area (Å²) in [6.07, 6.45) is 0.569. The van der Waals surface area contributed by atoms with Crippen LogP contribution in [0.3, 0.4) is 0 Å². The third-order valence-electron chi connectivity index (χ3n) is 7.04. The zero-order valence-electron chi connectivity index (χ0n) is 19.8. The summed E-state index contributed by atoms with van der Waals surface area (Å²) < 4.78 is 5.66. The first kappa shape index (κ1) is 23.6. The van der Waals surface area contributed by atoms with E-state index < -0.39 is 30.1 Å². The van der Waals surface area contributed by atoms with Gasteiger partial charge in [-0.3, -0.25) is 4.79 Å². The van der Waals surface area contributed by atoms with E-state index in [2.05, 4.69) is 17.4 Å². The van der Waals surface area contributed by atoms with Crippen molar-refractivity contribution in [3.63, 3.8) is 0 Å². The average molecular weight is 485 g/mol. The molecule has 0 bridgehead atoms. The van der Waals surface area contributed by atoms with Crippen molar-refractivity contribution in [2.75, 3.05) is 13.2 Å². The van der Waals surface area contributed by atoms with Crippen LogP contribution >= 0.6 is 0 Å². The van der Waals surface area contributed by atoms with Crippen molar-refractivity contribution in [1.29, 1.82) is 0 Å². The van der Waals surface area contributed by atoms with Crippen LogP contribution < -0.4 is 5.32 Å². The number of aliphatic carboxylic acids is 1. The highest BCUT2D eigenvalue weighted by Gasteiger charge is 2.38. The number of nitrogens with zero attached hydrogens (tertiary/aromatic N) is 1. The van der Waals surface area contributed by atoms with Gasteiger partial charge in [0, 0.05) is 18.9 Å². The van der Waals surface area contributed by atoms with Gasteiger partial charge in [0.25, 0.3) is 0 Å². The smallest absolute Gasteiger partial charge is 0.407 e. The summed E-state index contributed by atoms with van der Waals surface area (Å²) in [6, 6.07) is 23.7. The molecule has 1 aliphatic carbocycles. The third kappa shape index (κ3) is 4.69. The maximum absolute atomic E-state index is 13.4. The van der Waals surface area contributed by atoms with Crippen molar-refractivity contribution < 1.29 is 24.2 Å². The Morgan fingerprint density at radius 1 is 0.917 bits per heavy atom. The molecule has 1 saturated heterocycles. The summed E-state index contributed by atoms with van der Waals surface area (Å²) in [5, 5.41) is 12.3. The molecule has 2 aliphatic rings. The highest BCUT2D eigenvalue weighted by Crippen LogP contribution is 2.44. The van der Waals surface area contributed by atoms with Gasteiger partial charge in [0.15, 0.2) is 0 Å². The van der Waals surface area contributed by atoms with Crippen molar-refractivity contribution >= 4 is 18.0 Å². The largest absolute Gasteiger partial charge is 0.480 e. The summed E-state index contributed by atoms with van der Waals surface area (Å²) in [5.74, 6) is -1.53. The van der Waals surface area contributed by atoms with Gasteiger partial charge in [-0.1, -0.05) is 78.9 Å². The van der Waals surface area contributed by atoms with Crippen LogP contribution in [0.2, 0.25) is 0 Å². The fourth-order valence-electron chi connectivity index (χ4n) is 5.32. The predicted molar refractivity (Wildman–Crippen MR) is 135 cm³/mol. The van der Waals surface area contributed by atoms with Gasteiger partial charge in [0.05, 0.1) is 0 Å². The Hall–Kier alpha value is -4.13. The van der Waals surface area contributed by atoms with Gasteiger partial charge in [-0.25, -0.2) is 9.59 Å². The van der Waals surface area contributed by atoms with E-state index in [1.54, 1.807) is 0 Å². The van der Waals surface area contributed by atoms with Crippen LogP contribution in [0.4, 0.5) is 4.79 Å². The molecule has 2 N–H and O–H groups in total. The lowest BCUT2D eigenvalue weighted by atomic mass is 9.98. The van der Waals surface area contributed by atoms with E-state index in [-0.39, 0.29) is 18.9 Å². The average Bonchev–Trinajstić information content (AvgIpc) is 3.51. The second-order valence-corrected chi connectivity index (χ2v) is 9.24. The normalized spacial score (nSPS) is 17.2. The number of likely N-dealkylation sites (tertiary alicyclic amines) is 1. The number of carbonyl (C=O) groups excluding carboxylic acids is 2. The van der Waals surface area contributed by atoms with Crippen molar-refractivity contribution in [1.82, 2.24) is 10.2 Å². The maximum atomic E-state index is 13.4. The number of hydrogen-bond donors (Lipinski definition) is 2. The molecule has 2 unspecified atom stereocenters. The Balaban J connectivity index is 1.31. The zero-order chi connectivity index (χ0) is 25.1. The van der Waals surface area contributed by atoms with Crippen LogP contribution in [0.1, 0.15) is 35.4 Å². The minimum absolute atomic E-state index is 0.0959. The van der Waals surface area contributed by atoms with Gasteiger partial charge in [0.1, 0.15) is 18.7 Å². The van der Waals surface area contributed by atoms with Gasteiger partial charge < -0.3 is 20.1 Å². The first-order valence-electron chi connectivity index (χ1n) is 12.2. The molecule has 5 rings (SSSR count). The van der Waals surface area contributed by atoms with Crippen LogP contribution in [-0.4, -0.2) is 53.2 Å². The molecular weight excluding hydrogens is 456 g/mol. The number of hydrogen-bond acceptors (Lipinski definition) is 4. The fraction of sp³-hybridized carbons (Fsp3) is 0.276. The van der Waals surface area contributed by atoms with Crippen LogP contribution in [0.25, 0.3) is 11.1 Å². The van der Waals surface area contributed by atoms with Gasteiger partial charge in [0.2, 0.25) is 5.91 Å². The second-order valence-electron chi connectivity index (χ2n) is 9.24. The molecule has 36 heavy (non-hydrogen) atoms. The number of carboxylic acids is 1. The van der Waals surface area contributed by atoms with Crippen LogP contribution in [0.5, 0.6) is 0 Å². The first-order chi connectivity index (χ1) is 17.5.